The molecule has 0 saturated heterocycles. The second-order valence-corrected chi connectivity index (χ2v) is 7.18. The summed E-state index contributed by atoms with van der Waals surface area (Å²) in [5.74, 6) is -0.447. The summed E-state index contributed by atoms with van der Waals surface area (Å²) in [6.45, 7) is 1.63. The van der Waals surface area contributed by atoms with Crippen LogP contribution in [0.5, 0.6) is 5.75 Å². The van der Waals surface area contributed by atoms with Gasteiger partial charge >= 0.3 is 10.1 Å². The molecule has 0 fully saturated rings. The smallest absolute Gasteiger partial charge is 0.311 e. The van der Waals surface area contributed by atoms with Gasteiger partial charge in [-0.2, -0.15) is 8.42 Å². The molecule has 0 bridgehead atoms. The van der Waals surface area contributed by atoms with Gasteiger partial charge in [0, 0.05) is 24.3 Å². The highest BCUT2D eigenvalue weighted by atomic mass is 32.2. The molecule has 1 unspecified atom stereocenters. The Balaban J connectivity index is 2.00. The van der Waals surface area contributed by atoms with Crippen molar-refractivity contribution < 1.29 is 22.1 Å². The predicted molar refractivity (Wildman–Crippen MR) is 87.4 cm³/mol. The van der Waals surface area contributed by atoms with Gasteiger partial charge < -0.3 is 8.92 Å². The number of amides is 1. The van der Waals surface area contributed by atoms with Gasteiger partial charge in [0.2, 0.25) is 0 Å². The molecule has 0 saturated carbocycles. The van der Waals surface area contributed by atoms with E-state index in [1.54, 1.807) is 18.5 Å². The molecular weight excluding hydrogens is 340 g/mol. The highest BCUT2D eigenvalue weighted by molar-refractivity contribution is 7.87. The fourth-order valence-corrected chi connectivity index (χ4v) is 3.36. The van der Waals surface area contributed by atoms with Crippen molar-refractivity contribution in [3.8, 4) is 5.75 Å². The zero-order chi connectivity index (χ0) is 16.9. The number of methoxy groups -OCH3 is 1. The van der Waals surface area contributed by atoms with Gasteiger partial charge in [-0.15, -0.1) is 11.3 Å². The number of nitrogens with one attached hydrogen (secondary N) is 1. The van der Waals surface area contributed by atoms with Crippen molar-refractivity contribution in [3.63, 3.8) is 0 Å². The molecule has 1 atom stereocenters. The van der Waals surface area contributed by atoms with Crippen molar-refractivity contribution in [2.75, 3.05) is 18.2 Å². The van der Waals surface area contributed by atoms with Crippen LogP contribution in [0.2, 0.25) is 0 Å². The fourth-order valence-electron chi connectivity index (χ4n) is 1.65. The van der Waals surface area contributed by atoms with Gasteiger partial charge in [-0.25, -0.2) is 4.98 Å². The summed E-state index contributed by atoms with van der Waals surface area (Å²) in [7, 11) is -2.33. The number of carbonyl (C=O) groups excluding carboxylic acids is 1. The standard InChI is InChI=1S/C14H16N2O5S2/c1-10(20-2)9-23(18,19)21-12-5-3-11(4-6-12)13(17)16-14-15-7-8-22-14/h3-8,10H,9H2,1-2H3,(H,15,16,17). The number of nitrogens with zero attached hydrogens (tertiary/aromatic N) is 1. The molecule has 1 heterocycles. The molecule has 1 amide bonds. The summed E-state index contributed by atoms with van der Waals surface area (Å²) >= 11 is 1.31. The second-order valence-electron chi connectivity index (χ2n) is 4.67. The number of aromatic nitrogens is 1. The largest absolute Gasteiger partial charge is 0.382 e. The summed E-state index contributed by atoms with van der Waals surface area (Å²) in [6.07, 6.45) is 1.12. The van der Waals surface area contributed by atoms with Crippen LogP contribution in [0.1, 0.15) is 17.3 Å². The Hall–Kier alpha value is -1.97. The van der Waals surface area contributed by atoms with Gasteiger partial charge in [-0.3, -0.25) is 10.1 Å². The lowest BCUT2D eigenvalue weighted by atomic mass is 10.2. The zero-order valence-electron chi connectivity index (χ0n) is 12.6. The lowest BCUT2D eigenvalue weighted by molar-refractivity contribution is 0.102. The first kappa shape index (κ1) is 17.4. The zero-order valence-corrected chi connectivity index (χ0v) is 14.2. The molecule has 1 N–H and O–H groups in total. The van der Waals surface area contributed by atoms with Crippen LogP contribution in [0.25, 0.3) is 0 Å². The predicted octanol–water partition coefficient (Wildman–Crippen LogP) is 2.14. The topological polar surface area (TPSA) is 94.6 Å². The van der Waals surface area contributed by atoms with E-state index in [2.05, 4.69) is 10.3 Å². The van der Waals surface area contributed by atoms with E-state index < -0.39 is 16.2 Å². The first-order valence-electron chi connectivity index (χ1n) is 6.65. The van der Waals surface area contributed by atoms with Crippen LogP contribution in [0.15, 0.2) is 35.8 Å². The number of hydrogen-bond acceptors (Lipinski definition) is 7. The molecule has 2 rings (SSSR count). The van der Waals surface area contributed by atoms with E-state index in [9.17, 15) is 13.2 Å². The van der Waals surface area contributed by atoms with E-state index >= 15 is 0 Å². The minimum Gasteiger partial charge on any atom is -0.382 e. The van der Waals surface area contributed by atoms with Crippen LogP contribution in [-0.2, 0) is 14.9 Å². The number of ether oxygens (including phenoxy) is 1. The maximum Gasteiger partial charge on any atom is 0.311 e. The molecule has 23 heavy (non-hydrogen) atoms. The molecule has 0 aliphatic heterocycles. The highest BCUT2D eigenvalue weighted by Crippen LogP contribution is 2.17. The van der Waals surface area contributed by atoms with Crippen LogP contribution in [0.3, 0.4) is 0 Å². The first-order chi connectivity index (χ1) is 10.9. The number of thiazole rings is 1. The molecule has 2 aromatic rings. The Morgan fingerprint density at radius 2 is 2.04 bits per heavy atom. The van der Waals surface area contributed by atoms with Gasteiger partial charge in [0.15, 0.2) is 5.13 Å². The molecule has 124 valence electrons. The van der Waals surface area contributed by atoms with Crippen LogP contribution >= 0.6 is 11.3 Å². The summed E-state index contributed by atoms with van der Waals surface area (Å²) < 4.78 is 33.5. The third-order valence-electron chi connectivity index (χ3n) is 2.83. The van der Waals surface area contributed by atoms with E-state index in [1.165, 1.54) is 42.7 Å². The van der Waals surface area contributed by atoms with Crippen molar-refractivity contribution in [2.45, 2.75) is 13.0 Å². The molecule has 0 aliphatic rings. The van der Waals surface area contributed by atoms with Gasteiger partial charge in [-0.1, -0.05) is 0 Å². The SMILES string of the molecule is COC(C)CS(=O)(=O)Oc1ccc(C(=O)Nc2nccs2)cc1. The number of anilines is 1. The maximum absolute atomic E-state index is 12.0. The Labute approximate surface area is 138 Å². The van der Waals surface area contributed by atoms with E-state index in [1.807, 2.05) is 0 Å². The van der Waals surface area contributed by atoms with Gasteiger partial charge in [0.25, 0.3) is 5.91 Å². The third kappa shape index (κ3) is 5.31. The minimum absolute atomic E-state index is 0.138. The first-order valence-corrected chi connectivity index (χ1v) is 9.11. The van der Waals surface area contributed by atoms with Crippen molar-refractivity contribution >= 4 is 32.5 Å². The van der Waals surface area contributed by atoms with Gasteiger partial charge in [0.05, 0.1) is 6.10 Å². The third-order valence-corrected chi connectivity index (χ3v) is 4.85. The molecule has 7 nitrogen and oxygen atoms in total. The van der Waals surface area contributed by atoms with Crippen molar-refractivity contribution in [1.29, 1.82) is 0 Å². The minimum atomic E-state index is -3.75. The van der Waals surface area contributed by atoms with E-state index in [0.717, 1.165) is 0 Å². The number of rotatable bonds is 7. The molecule has 1 aromatic heterocycles. The van der Waals surface area contributed by atoms with E-state index in [0.29, 0.717) is 10.7 Å². The Morgan fingerprint density at radius 3 is 2.61 bits per heavy atom. The van der Waals surface area contributed by atoms with Crippen molar-refractivity contribution in [2.24, 2.45) is 0 Å². The Bertz CT molecular complexity index is 742. The van der Waals surface area contributed by atoms with Gasteiger partial charge in [-0.05, 0) is 31.2 Å². The lowest BCUT2D eigenvalue weighted by Crippen LogP contribution is -2.23. The van der Waals surface area contributed by atoms with E-state index in [-0.39, 0.29) is 17.4 Å². The van der Waals surface area contributed by atoms with Crippen LogP contribution in [-0.4, -0.2) is 38.3 Å². The summed E-state index contributed by atoms with van der Waals surface area (Å²) in [6, 6.07) is 5.80. The maximum atomic E-state index is 12.0. The summed E-state index contributed by atoms with van der Waals surface area (Å²) in [5.41, 5.74) is 0.371. The molecule has 1 aromatic carbocycles. The van der Waals surface area contributed by atoms with Gasteiger partial charge in [0.1, 0.15) is 11.5 Å². The van der Waals surface area contributed by atoms with E-state index in [4.69, 9.17) is 8.92 Å². The van der Waals surface area contributed by atoms with Crippen LogP contribution in [0.4, 0.5) is 5.13 Å². The normalized spacial score (nSPS) is 12.6. The lowest BCUT2D eigenvalue weighted by Gasteiger charge is -2.11. The average molecular weight is 356 g/mol. The molecule has 0 radical (unpaired) electrons. The number of benzene rings is 1. The van der Waals surface area contributed by atoms with Crippen molar-refractivity contribution in [1.82, 2.24) is 4.98 Å². The summed E-state index contributed by atoms with van der Waals surface area (Å²) in [4.78, 5) is 15.9. The summed E-state index contributed by atoms with van der Waals surface area (Å²) in [5, 5.41) is 4.87. The van der Waals surface area contributed by atoms with Crippen molar-refractivity contribution in [3.05, 3.63) is 41.4 Å². The highest BCUT2D eigenvalue weighted by Gasteiger charge is 2.18. The molecule has 9 heteroatoms. The molecular formula is C14H16N2O5S2. The average Bonchev–Trinajstić information content (AvgIpc) is 2.99. The number of hydrogen-bond donors (Lipinski definition) is 1. The van der Waals surface area contributed by atoms with Crippen LogP contribution < -0.4 is 9.50 Å². The number of carbonyl (C=O) groups is 1. The fraction of sp³-hybridized carbons (Fsp3) is 0.286. The second kappa shape index (κ2) is 7.53. The molecule has 0 aliphatic carbocycles. The Morgan fingerprint density at radius 1 is 1.35 bits per heavy atom. The van der Waals surface area contributed by atoms with Crippen LogP contribution in [0, 0.1) is 0 Å². The molecule has 0 spiro atoms. The quantitative estimate of drug-likeness (QED) is 0.764. The monoisotopic (exact) mass is 356 g/mol. The Kier molecular flexibility index (Phi) is 5.69.